The first-order valence-electron chi connectivity index (χ1n) is 4.81. The molecule has 0 aromatic rings. The topological polar surface area (TPSA) is 12.0 Å². The predicted octanol–water partition coefficient (Wildman–Crippen LogP) is 2.42. The maximum Gasteiger partial charge on any atom is -0.00230 e. The Labute approximate surface area is 70.6 Å². The van der Waals surface area contributed by atoms with E-state index in [0.717, 1.165) is 5.92 Å². The van der Waals surface area contributed by atoms with Crippen LogP contribution in [0.1, 0.15) is 40.0 Å². The van der Waals surface area contributed by atoms with Gasteiger partial charge >= 0.3 is 0 Å². The van der Waals surface area contributed by atoms with Crippen molar-refractivity contribution in [2.45, 2.75) is 40.0 Å². The third-order valence-corrected chi connectivity index (χ3v) is 2.60. The van der Waals surface area contributed by atoms with Crippen LogP contribution < -0.4 is 5.32 Å². The first kappa shape index (κ1) is 9.05. The Morgan fingerprint density at radius 1 is 1.36 bits per heavy atom. The van der Waals surface area contributed by atoms with Crippen LogP contribution in [0.3, 0.4) is 0 Å². The number of rotatable bonds is 0. The molecule has 0 bridgehead atoms. The van der Waals surface area contributed by atoms with Crippen LogP contribution in [-0.2, 0) is 0 Å². The molecule has 66 valence electrons. The van der Waals surface area contributed by atoms with E-state index in [4.69, 9.17) is 0 Å². The summed E-state index contributed by atoms with van der Waals surface area (Å²) >= 11 is 0. The largest absolute Gasteiger partial charge is 0.316 e. The van der Waals surface area contributed by atoms with Gasteiger partial charge in [0.05, 0.1) is 0 Å². The van der Waals surface area contributed by atoms with Crippen molar-refractivity contribution in [3.8, 4) is 0 Å². The lowest BCUT2D eigenvalue weighted by Crippen LogP contribution is -2.30. The van der Waals surface area contributed by atoms with E-state index in [-0.39, 0.29) is 0 Å². The molecule has 11 heavy (non-hydrogen) atoms. The minimum Gasteiger partial charge on any atom is -0.316 e. The Morgan fingerprint density at radius 3 is 2.82 bits per heavy atom. The van der Waals surface area contributed by atoms with Gasteiger partial charge in [0.2, 0.25) is 0 Å². The van der Waals surface area contributed by atoms with Crippen LogP contribution in [0.15, 0.2) is 0 Å². The minimum atomic E-state index is 0.585. The average Bonchev–Trinajstić information content (AvgIpc) is 1.82. The molecule has 1 aliphatic heterocycles. The summed E-state index contributed by atoms with van der Waals surface area (Å²) in [5.74, 6) is 0.852. The SMILES string of the molecule is CC1CNCCCC(C)(C)C1. The molecule has 1 heteroatoms. The van der Waals surface area contributed by atoms with Crippen molar-refractivity contribution in [2.75, 3.05) is 13.1 Å². The van der Waals surface area contributed by atoms with Crippen LogP contribution in [-0.4, -0.2) is 13.1 Å². The van der Waals surface area contributed by atoms with Crippen molar-refractivity contribution in [3.05, 3.63) is 0 Å². The normalized spacial score (nSPS) is 32.5. The molecule has 1 rings (SSSR count). The molecule has 0 aliphatic carbocycles. The standard InChI is InChI=1S/C10H21N/c1-9-7-10(2,3)5-4-6-11-8-9/h9,11H,4-8H2,1-3H3. The highest BCUT2D eigenvalue weighted by Gasteiger charge is 2.21. The Hall–Kier alpha value is -0.0400. The maximum atomic E-state index is 3.47. The van der Waals surface area contributed by atoms with Gasteiger partial charge < -0.3 is 5.32 Å². The molecule has 0 aromatic heterocycles. The third kappa shape index (κ3) is 3.24. The van der Waals surface area contributed by atoms with Gasteiger partial charge in [0.1, 0.15) is 0 Å². The zero-order valence-corrected chi connectivity index (χ0v) is 8.11. The van der Waals surface area contributed by atoms with Gasteiger partial charge in [0.25, 0.3) is 0 Å². The van der Waals surface area contributed by atoms with Crippen molar-refractivity contribution >= 4 is 0 Å². The lowest BCUT2D eigenvalue weighted by atomic mass is 9.79. The molecule has 1 N–H and O–H groups in total. The van der Waals surface area contributed by atoms with E-state index >= 15 is 0 Å². The van der Waals surface area contributed by atoms with Crippen molar-refractivity contribution in [2.24, 2.45) is 11.3 Å². The average molecular weight is 155 g/mol. The minimum absolute atomic E-state index is 0.585. The van der Waals surface area contributed by atoms with Crippen LogP contribution >= 0.6 is 0 Å². The van der Waals surface area contributed by atoms with Gasteiger partial charge in [-0.05, 0) is 43.7 Å². The van der Waals surface area contributed by atoms with Crippen molar-refractivity contribution < 1.29 is 0 Å². The fraction of sp³-hybridized carbons (Fsp3) is 1.00. The third-order valence-electron chi connectivity index (χ3n) is 2.60. The van der Waals surface area contributed by atoms with E-state index in [1.54, 1.807) is 0 Å². The Kier molecular flexibility index (Phi) is 2.94. The summed E-state index contributed by atoms with van der Waals surface area (Å²) in [4.78, 5) is 0. The van der Waals surface area contributed by atoms with E-state index in [1.165, 1.54) is 32.4 Å². The summed E-state index contributed by atoms with van der Waals surface area (Å²) in [6, 6.07) is 0. The molecule has 0 amide bonds. The lowest BCUT2D eigenvalue weighted by molar-refractivity contribution is 0.228. The van der Waals surface area contributed by atoms with Gasteiger partial charge in [-0.1, -0.05) is 20.8 Å². The van der Waals surface area contributed by atoms with Crippen LogP contribution in [0.25, 0.3) is 0 Å². The van der Waals surface area contributed by atoms with Crippen LogP contribution in [0.2, 0.25) is 0 Å². The highest BCUT2D eigenvalue weighted by molar-refractivity contribution is 4.75. The highest BCUT2D eigenvalue weighted by atomic mass is 14.9. The van der Waals surface area contributed by atoms with Gasteiger partial charge in [-0.2, -0.15) is 0 Å². The predicted molar refractivity (Wildman–Crippen MR) is 49.7 cm³/mol. The number of hydrogen-bond donors (Lipinski definition) is 1. The fourth-order valence-electron chi connectivity index (χ4n) is 2.16. The Balaban J connectivity index is 2.42. The van der Waals surface area contributed by atoms with Gasteiger partial charge in [-0.15, -0.1) is 0 Å². The maximum absolute atomic E-state index is 3.47. The summed E-state index contributed by atoms with van der Waals surface area (Å²) in [5.41, 5.74) is 0.585. The zero-order valence-electron chi connectivity index (χ0n) is 8.11. The van der Waals surface area contributed by atoms with E-state index in [0.29, 0.717) is 5.41 Å². The summed E-state index contributed by atoms with van der Waals surface area (Å²) < 4.78 is 0. The van der Waals surface area contributed by atoms with Crippen LogP contribution in [0.5, 0.6) is 0 Å². The first-order valence-corrected chi connectivity index (χ1v) is 4.81. The molecule has 0 radical (unpaired) electrons. The second-order valence-corrected chi connectivity index (χ2v) is 4.78. The molecule has 1 nitrogen and oxygen atoms in total. The molecule has 1 aliphatic rings. The smallest absolute Gasteiger partial charge is 0.00230 e. The molecule has 0 aromatic carbocycles. The van der Waals surface area contributed by atoms with Gasteiger partial charge in [-0.25, -0.2) is 0 Å². The van der Waals surface area contributed by atoms with Gasteiger partial charge in [0, 0.05) is 0 Å². The molecular formula is C10H21N. The van der Waals surface area contributed by atoms with E-state index in [2.05, 4.69) is 26.1 Å². The summed E-state index contributed by atoms with van der Waals surface area (Å²) in [6.45, 7) is 9.57. The molecule has 1 atom stereocenters. The molecular weight excluding hydrogens is 134 g/mol. The molecule has 1 fully saturated rings. The van der Waals surface area contributed by atoms with Crippen molar-refractivity contribution in [1.82, 2.24) is 5.32 Å². The van der Waals surface area contributed by atoms with E-state index < -0.39 is 0 Å². The molecule has 1 heterocycles. The summed E-state index contributed by atoms with van der Waals surface area (Å²) in [7, 11) is 0. The Morgan fingerprint density at radius 2 is 2.09 bits per heavy atom. The molecule has 1 saturated heterocycles. The van der Waals surface area contributed by atoms with Crippen molar-refractivity contribution in [1.29, 1.82) is 0 Å². The fourth-order valence-corrected chi connectivity index (χ4v) is 2.16. The molecule has 0 spiro atoms. The van der Waals surface area contributed by atoms with Crippen molar-refractivity contribution in [3.63, 3.8) is 0 Å². The molecule has 0 saturated carbocycles. The second-order valence-electron chi connectivity index (χ2n) is 4.78. The molecule has 1 unspecified atom stereocenters. The number of nitrogens with one attached hydrogen (secondary N) is 1. The zero-order chi connectivity index (χ0) is 8.32. The van der Waals surface area contributed by atoms with E-state index in [1.807, 2.05) is 0 Å². The van der Waals surface area contributed by atoms with E-state index in [9.17, 15) is 0 Å². The lowest BCUT2D eigenvalue weighted by Gasteiger charge is -2.30. The second kappa shape index (κ2) is 3.57. The van der Waals surface area contributed by atoms with Gasteiger partial charge in [0.15, 0.2) is 0 Å². The van der Waals surface area contributed by atoms with Crippen LogP contribution in [0.4, 0.5) is 0 Å². The van der Waals surface area contributed by atoms with Gasteiger partial charge in [-0.3, -0.25) is 0 Å². The monoisotopic (exact) mass is 155 g/mol. The number of hydrogen-bond acceptors (Lipinski definition) is 1. The summed E-state index contributed by atoms with van der Waals surface area (Å²) in [6.07, 6.45) is 4.10. The highest BCUT2D eigenvalue weighted by Crippen LogP contribution is 2.31. The quantitative estimate of drug-likeness (QED) is 0.566. The first-order chi connectivity index (χ1) is 5.10. The van der Waals surface area contributed by atoms with Crippen LogP contribution in [0, 0.1) is 11.3 Å². The Bertz CT molecular complexity index is 118. The summed E-state index contributed by atoms with van der Waals surface area (Å²) in [5, 5.41) is 3.47.